The van der Waals surface area contributed by atoms with Crippen LogP contribution in [-0.4, -0.2) is 22.0 Å². The lowest BCUT2D eigenvalue weighted by Gasteiger charge is -2.09. The molecule has 0 aliphatic heterocycles. The normalized spacial score (nSPS) is 11.8. The lowest BCUT2D eigenvalue weighted by atomic mass is 10.2. The Hall–Kier alpha value is -1.63. The zero-order chi connectivity index (χ0) is 14.0. The molecule has 2 aromatic rings. The molecular formula is C12H9F3N2OS. The summed E-state index contributed by atoms with van der Waals surface area (Å²) in [6.07, 6.45) is -2.96. The molecule has 0 aliphatic carbocycles. The van der Waals surface area contributed by atoms with Gasteiger partial charge in [0.2, 0.25) is 0 Å². The molecule has 0 aromatic carbocycles. The van der Waals surface area contributed by atoms with Crippen molar-refractivity contribution >= 4 is 29.0 Å². The molecule has 0 radical (unpaired) electrons. The molecule has 0 saturated carbocycles. The highest BCUT2D eigenvalue weighted by atomic mass is 32.2. The number of carbonyl (C=O) groups is 1. The molecule has 0 aliphatic rings. The third-order valence-corrected chi connectivity index (χ3v) is 3.28. The molecule has 2 rings (SSSR count). The van der Waals surface area contributed by atoms with Gasteiger partial charge in [0.1, 0.15) is 11.3 Å². The van der Waals surface area contributed by atoms with E-state index in [9.17, 15) is 18.0 Å². The molecule has 100 valence electrons. The summed E-state index contributed by atoms with van der Waals surface area (Å²) in [4.78, 5) is 18.4. The molecule has 0 atom stereocenters. The van der Waals surface area contributed by atoms with Gasteiger partial charge >= 0.3 is 6.18 Å². The lowest BCUT2D eigenvalue weighted by molar-refractivity contribution is -0.137. The maximum absolute atomic E-state index is 12.7. The van der Waals surface area contributed by atoms with Crippen LogP contribution in [0.1, 0.15) is 11.3 Å². The third-order valence-electron chi connectivity index (χ3n) is 2.39. The van der Waals surface area contributed by atoms with Gasteiger partial charge in [-0.15, -0.1) is 0 Å². The van der Waals surface area contributed by atoms with Crippen LogP contribution in [0.2, 0.25) is 0 Å². The molecular weight excluding hydrogens is 277 g/mol. The summed E-state index contributed by atoms with van der Waals surface area (Å²) in [6.45, 7) is 1.73. The topological polar surface area (TPSA) is 42.9 Å². The number of rotatable bonds is 3. The SMILES string of the molecule is Cc1cc2ncc(C(F)(F)F)cc2c(SCC=O)n1. The number of halogens is 3. The number of nitrogens with zero attached hydrogens (tertiary/aromatic N) is 2. The minimum atomic E-state index is -4.45. The number of aromatic nitrogens is 2. The fourth-order valence-corrected chi connectivity index (χ4v) is 2.34. The predicted molar refractivity (Wildman–Crippen MR) is 66.1 cm³/mol. The van der Waals surface area contributed by atoms with Gasteiger partial charge in [-0.1, -0.05) is 11.8 Å². The zero-order valence-corrected chi connectivity index (χ0v) is 10.7. The molecule has 0 spiro atoms. The molecule has 7 heteroatoms. The second kappa shape index (κ2) is 5.16. The Morgan fingerprint density at radius 3 is 2.74 bits per heavy atom. The van der Waals surface area contributed by atoms with Gasteiger partial charge in [0.05, 0.1) is 16.8 Å². The number of aldehydes is 1. The standard InChI is InChI=1S/C12H9F3N2OS/c1-7-4-10-9(11(17-7)19-3-2-18)5-8(6-16-10)12(13,14)15/h2,4-6H,3H2,1H3. The number of aryl methyl sites for hydroxylation is 1. The van der Waals surface area contributed by atoms with Crippen molar-refractivity contribution in [3.63, 3.8) is 0 Å². The second-order valence-corrected chi connectivity index (χ2v) is 4.84. The van der Waals surface area contributed by atoms with Gasteiger partial charge in [-0.05, 0) is 19.1 Å². The molecule has 0 unspecified atom stereocenters. The minimum Gasteiger partial charge on any atom is -0.302 e. The number of alkyl halides is 3. The summed E-state index contributed by atoms with van der Waals surface area (Å²) >= 11 is 1.10. The van der Waals surface area contributed by atoms with Gasteiger partial charge in [-0.25, -0.2) is 4.98 Å². The summed E-state index contributed by atoms with van der Waals surface area (Å²) in [6, 6.07) is 2.63. The van der Waals surface area contributed by atoms with Gasteiger partial charge < -0.3 is 4.79 Å². The van der Waals surface area contributed by atoms with Crippen LogP contribution < -0.4 is 0 Å². The van der Waals surface area contributed by atoms with Crippen LogP contribution in [-0.2, 0) is 11.0 Å². The van der Waals surface area contributed by atoms with Crippen LogP contribution in [0.4, 0.5) is 13.2 Å². The van der Waals surface area contributed by atoms with E-state index in [0.717, 1.165) is 24.0 Å². The molecule has 0 bridgehead atoms. The Labute approximate surface area is 111 Å². The lowest BCUT2D eigenvalue weighted by Crippen LogP contribution is -2.06. The van der Waals surface area contributed by atoms with Crippen LogP contribution in [0.25, 0.3) is 10.9 Å². The first kappa shape index (κ1) is 13.8. The Balaban J connectivity index is 2.61. The number of thioether (sulfide) groups is 1. The Bertz CT molecular complexity index is 628. The van der Waals surface area contributed by atoms with E-state index in [0.29, 0.717) is 27.9 Å². The number of hydrogen-bond donors (Lipinski definition) is 0. The zero-order valence-electron chi connectivity index (χ0n) is 9.86. The maximum atomic E-state index is 12.7. The van der Waals surface area contributed by atoms with Crippen molar-refractivity contribution in [2.24, 2.45) is 0 Å². The van der Waals surface area contributed by atoms with E-state index in [-0.39, 0.29) is 5.75 Å². The molecule has 2 aromatic heterocycles. The van der Waals surface area contributed by atoms with Gasteiger partial charge in [-0.3, -0.25) is 4.98 Å². The first-order valence-electron chi connectivity index (χ1n) is 5.33. The Morgan fingerprint density at radius 2 is 2.11 bits per heavy atom. The number of carbonyl (C=O) groups excluding carboxylic acids is 1. The quantitative estimate of drug-likeness (QED) is 0.641. The highest BCUT2D eigenvalue weighted by molar-refractivity contribution is 8.00. The smallest absolute Gasteiger partial charge is 0.302 e. The summed E-state index contributed by atoms with van der Waals surface area (Å²) in [5.74, 6) is 0.141. The van der Waals surface area contributed by atoms with Gasteiger partial charge in [0.15, 0.2) is 0 Å². The molecule has 0 N–H and O–H groups in total. The van der Waals surface area contributed by atoms with Crippen molar-refractivity contribution in [1.29, 1.82) is 0 Å². The van der Waals surface area contributed by atoms with Crippen molar-refractivity contribution in [3.05, 3.63) is 29.6 Å². The highest BCUT2D eigenvalue weighted by Gasteiger charge is 2.31. The summed E-state index contributed by atoms with van der Waals surface area (Å²) in [7, 11) is 0. The Kier molecular flexibility index (Phi) is 3.75. The Morgan fingerprint density at radius 1 is 1.37 bits per heavy atom. The van der Waals surface area contributed by atoms with Crippen molar-refractivity contribution in [2.75, 3.05) is 5.75 Å². The minimum absolute atomic E-state index is 0.141. The van der Waals surface area contributed by atoms with Crippen LogP contribution in [0.3, 0.4) is 0 Å². The average molecular weight is 286 g/mol. The van der Waals surface area contributed by atoms with E-state index in [2.05, 4.69) is 9.97 Å². The second-order valence-electron chi connectivity index (χ2n) is 3.83. The van der Waals surface area contributed by atoms with Crippen molar-refractivity contribution in [2.45, 2.75) is 18.1 Å². The summed E-state index contributed by atoms with van der Waals surface area (Å²) < 4.78 is 38.0. The number of pyridine rings is 2. The maximum Gasteiger partial charge on any atom is 0.417 e. The first-order chi connectivity index (χ1) is 8.91. The fraction of sp³-hybridized carbons (Fsp3) is 0.250. The van der Waals surface area contributed by atoms with Crippen LogP contribution in [0, 0.1) is 6.92 Å². The largest absolute Gasteiger partial charge is 0.417 e. The molecule has 3 nitrogen and oxygen atoms in total. The molecule has 0 fully saturated rings. The molecule has 0 saturated heterocycles. The summed E-state index contributed by atoms with van der Waals surface area (Å²) in [5, 5.41) is 0.702. The van der Waals surface area contributed by atoms with Gasteiger partial charge in [0.25, 0.3) is 0 Å². The van der Waals surface area contributed by atoms with E-state index in [4.69, 9.17) is 0 Å². The molecule has 0 amide bonds. The van der Waals surface area contributed by atoms with Crippen molar-refractivity contribution < 1.29 is 18.0 Å². The van der Waals surface area contributed by atoms with Gasteiger partial charge in [0, 0.05) is 17.3 Å². The number of hydrogen-bond acceptors (Lipinski definition) is 4. The van der Waals surface area contributed by atoms with Crippen LogP contribution >= 0.6 is 11.8 Å². The van der Waals surface area contributed by atoms with E-state index in [1.165, 1.54) is 0 Å². The average Bonchev–Trinajstić information content (AvgIpc) is 2.34. The monoisotopic (exact) mass is 286 g/mol. The van der Waals surface area contributed by atoms with E-state index < -0.39 is 11.7 Å². The van der Waals surface area contributed by atoms with Crippen LogP contribution in [0.15, 0.2) is 23.4 Å². The molecule has 19 heavy (non-hydrogen) atoms. The van der Waals surface area contributed by atoms with E-state index in [1.54, 1.807) is 13.0 Å². The summed E-state index contributed by atoms with van der Waals surface area (Å²) in [5.41, 5.74) is 0.265. The van der Waals surface area contributed by atoms with Crippen molar-refractivity contribution in [1.82, 2.24) is 9.97 Å². The molecule has 2 heterocycles. The fourth-order valence-electron chi connectivity index (χ4n) is 1.59. The third kappa shape index (κ3) is 3.04. The van der Waals surface area contributed by atoms with Crippen LogP contribution in [0.5, 0.6) is 0 Å². The first-order valence-corrected chi connectivity index (χ1v) is 6.31. The van der Waals surface area contributed by atoms with Crippen molar-refractivity contribution in [3.8, 4) is 0 Å². The highest BCUT2D eigenvalue weighted by Crippen LogP contribution is 2.33. The van der Waals surface area contributed by atoms with E-state index >= 15 is 0 Å². The number of fused-ring (bicyclic) bond motifs is 1. The predicted octanol–water partition coefficient (Wildman–Crippen LogP) is 3.25. The van der Waals surface area contributed by atoms with E-state index in [1.807, 2.05) is 0 Å². The van der Waals surface area contributed by atoms with Gasteiger partial charge in [-0.2, -0.15) is 13.2 Å².